The van der Waals surface area contributed by atoms with Crippen molar-refractivity contribution < 1.29 is 27.1 Å². The number of carboxylic acids is 1. The zero-order valence-corrected chi connectivity index (χ0v) is 11.1. The van der Waals surface area contributed by atoms with Crippen LogP contribution in [0.3, 0.4) is 0 Å². The number of nitrogens with one attached hydrogen (secondary N) is 1. The molecule has 0 amide bonds. The molecule has 1 aromatic heterocycles. The number of nitrogens with zero attached hydrogens (tertiary/aromatic N) is 2. The van der Waals surface area contributed by atoms with Crippen molar-refractivity contribution in [1.82, 2.24) is 9.78 Å². The number of rotatable bonds is 5. The molecule has 0 fully saturated rings. The maximum atomic E-state index is 13.5. The second-order valence-electron chi connectivity index (χ2n) is 4.00. The van der Waals surface area contributed by atoms with E-state index in [0.717, 1.165) is 29.2 Å². The quantitative estimate of drug-likeness (QED) is 0.858. The molecule has 0 aliphatic rings. The third kappa shape index (κ3) is 3.54. The van der Waals surface area contributed by atoms with Crippen LogP contribution in [-0.4, -0.2) is 29.3 Å². The van der Waals surface area contributed by atoms with Crippen molar-refractivity contribution >= 4 is 21.7 Å². The molecule has 0 spiro atoms. The third-order valence-corrected chi connectivity index (χ3v) is 3.78. The van der Waals surface area contributed by atoms with Gasteiger partial charge in [0.2, 0.25) is 0 Å². The molecule has 112 valence electrons. The lowest BCUT2D eigenvalue weighted by Crippen LogP contribution is -2.14. The molecule has 2 aromatic rings. The molecule has 1 heterocycles. The number of benzene rings is 1. The van der Waals surface area contributed by atoms with E-state index in [9.17, 15) is 22.0 Å². The zero-order valence-electron chi connectivity index (χ0n) is 10.3. The van der Waals surface area contributed by atoms with Gasteiger partial charge in [-0.3, -0.25) is 14.2 Å². The molecule has 0 radical (unpaired) electrons. The van der Waals surface area contributed by atoms with E-state index < -0.39 is 39.1 Å². The van der Waals surface area contributed by atoms with Crippen molar-refractivity contribution in [2.75, 3.05) is 4.72 Å². The first kappa shape index (κ1) is 14.9. The van der Waals surface area contributed by atoms with Crippen LogP contribution < -0.4 is 4.72 Å². The highest BCUT2D eigenvalue weighted by Crippen LogP contribution is 2.19. The molecule has 7 nitrogen and oxygen atoms in total. The van der Waals surface area contributed by atoms with Crippen LogP contribution in [0.1, 0.15) is 0 Å². The fraction of sp³-hybridized carbons (Fsp3) is 0.0909. The van der Waals surface area contributed by atoms with Crippen LogP contribution in [0.25, 0.3) is 0 Å². The normalized spacial score (nSPS) is 11.3. The number of hydrogen-bond acceptors (Lipinski definition) is 4. The van der Waals surface area contributed by atoms with Crippen molar-refractivity contribution in [3.05, 3.63) is 42.2 Å². The fourth-order valence-corrected chi connectivity index (χ4v) is 2.63. The van der Waals surface area contributed by atoms with Crippen molar-refractivity contribution in [2.24, 2.45) is 0 Å². The average Bonchev–Trinajstić information content (AvgIpc) is 2.73. The fourth-order valence-electron chi connectivity index (χ4n) is 1.54. The molecule has 0 saturated heterocycles. The minimum atomic E-state index is -4.27. The minimum Gasteiger partial charge on any atom is -0.480 e. The van der Waals surface area contributed by atoms with Crippen LogP contribution in [0.5, 0.6) is 0 Å². The SMILES string of the molecule is O=C(O)Cn1cc(NS(=O)(=O)c2ccc(F)cc2F)cn1. The lowest BCUT2D eigenvalue weighted by Gasteiger charge is -2.06. The summed E-state index contributed by atoms with van der Waals surface area (Å²) in [5.41, 5.74) is -0.0417. The average molecular weight is 317 g/mol. The summed E-state index contributed by atoms with van der Waals surface area (Å²) < 4.78 is 53.1. The Kier molecular flexibility index (Phi) is 3.89. The van der Waals surface area contributed by atoms with Crippen LogP contribution in [0, 0.1) is 11.6 Å². The van der Waals surface area contributed by atoms with Gasteiger partial charge in [-0.15, -0.1) is 0 Å². The lowest BCUT2D eigenvalue weighted by molar-refractivity contribution is -0.137. The summed E-state index contributed by atoms with van der Waals surface area (Å²) in [5, 5.41) is 12.2. The Morgan fingerprint density at radius 3 is 2.71 bits per heavy atom. The second-order valence-corrected chi connectivity index (χ2v) is 5.65. The van der Waals surface area contributed by atoms with Crippen molar-refractivity contribution in [2.45, 2.75) is 11.4 Å². The molecule has 10 heteroatoms. The van der Waals surface area contributed by atoms with E-state index in [1.165, 1.54) is 0 Å². The van der Waals surface area contributed by atoms with E-state index in [2.05, 4.69) is 5.10 Å². The van der Waals surface area contributed by atoms with Gasteiger partial charge in [0.15, 0.2) is 0 Å². The summed E-state index contributed by atoms with van der Waals surface area (Å²) in [4.78, 5) is 9.75. The zero-order chi connectivity index (χ0) is 15.6. The maximum Gasteiger partial charge on any atom is 0.325 e. The van der Waals surface area contributed by atoms with E-state index in [4.69, 9.17) is 5.11 Å². The maximum absolute atomic E-state index is 13.5. The molecule has 0 aliphatic carbocycles. The van der Waals surface area contributed by atoms with Crippen LogP contribution in [0.4, 0.5) is 14.5 Å². The van der Waals surface area contributed by atoms with Crippen LogP contribution in [0.2, 0.25) is 0 Å². The Bertz CT molecular complexity index is 789. The number of anilines is 1. The Morgan fingerprint density at radius 1 is 1.38 bits per heavy atom. The van der Waals surface area contributed by atoms with Crippen molar-refractivity contribution in [3.63, 3.8) is 0 Å². The van der Waals surface area contributed by atoms with E-state index in [0.29, 0.717) is 6.07 Å². The standard InChI is InChI=1S/C11H9F2N3O4S/c12-7-1-2-10(9(13)3-7)21(19,20)15-8-4-14-16(5-8)6-11(17)18/h1-5,15H,6H2,(H,17,18). The number of halogens is 2. The van der Waals surface area contributed by atoms with Gasteiger partial charge in [-0.05, 0) is 12.1 Å². The molecule has 0 unspecified atom stereocenters. The van der Waals surface area contributed by atoms with E-state index in [-0.39, 0.29) is 5.69 Å². The first-order valence-corrected chi connectivity index (χ1v) is 6.98. The highest BCUT2D eigenvalue weighted by Gasteiger charge is 2.20. The number of aromatic nitrogens is 2. The predicted octanol–water partition coefficient (Wildman–Crippen LogP) is 1.05. The largest absolute Gasteiger partial charge is 0.480 e. The summed E-state index contributed by atoms with van der Waals surface area (Å²) in [6.07, 6.45) is 2.20. The van der Waals surface area contributed by atoms with Gasteiger partial charge in [-0.1, -0.05) is 0 Å². The molecule has 1 aromatic carbocycles. The van der Waals surface area contributed by atoms with Crippen LogP contribution in [-0.2, 0) is 21.4 Å². The van der Waals surface area contributed by atoms with Gasteiger partial charge in [0, 0.05) is 12.3 Å². The number of hydrogen-bond donors (Lipinski definition) is 2. The molecule has 2 rings (SSSR count). The summed E-state index contributed by atoms with van der Waals surface area (Å²) >= 11 is 0. The van der Waals surface area contributed by atoms with E-state index >= 15 is 0 Å². The summed E-state index contributed by atoms with van der Waals surface area (Å²) in [6.45, 7) is -0.452. The number of sulfonamides is 1. The second kappa shape index (κ2) is 5.48. The first-order chi connectivity index (χ1) is 9.78. The lowest BCUT2D eigenvalue weighted by atomic mass is 10.3. The summed E-state index contributed by atoms with van der Waals surface area (Å²) in [5.74, 6) is -3.29. The van der Waals surface area contributed by atoms with Crippen LogP contribution in [0.15, 0.2) is 35.5 Å². The van der Waals surface area contributed by atoms with Gasteiger partial charge in [0.1, 0.15) is 23.1 Å². The molecular weight excluding hydrogens is 308 g/mol. The van der Waals surface area contributed by atoms with Gasteiger partial charge in [0.05, 0.1) is 11.9 Å². The van der Waals surface area contributed by atoms with Gasteiger partial charge in [-0.2, -0.15) is 5.10 Å². The highest BCUT2D eigenvalue weighted by atomic mass is 32.2. The summed E-state index contributed by atoms with van der Waals surface area (Å²) in [7, 11) is -4.27. The minimum absolute atomic E-state index is 0.0417. The molecular formula is C11H9F2N3O4S. The van der Waals surface area contributed by atoms with Crippen LogP contribution >= 0.6 is 0 Å². The summed E-state index contributed by atoms with van der Waals surface area (Å²) in [6, 6.07) is 2.04. The highest BCUT2D eigenvalue weighted by molar-refractivity contribution is 7.92. The van der Waals surface area contributed by atoms with Gasteiger partial charge >= 0.3 is 5.97 Å². The Balaban J connectivity index is 2.25. The van der Waals surface area contributed by atoms with Gasteiger partial charge in [-0.25, -0.2) is 17.2 Å². The monoisotopic (exact) mass is 317 g/mol. The molecule has 0 atom stereocenters. The number of carbonyl (C=O) groups is 1. The van der Waals surface area contributed by atoms with Crippen molar-refractivity contribution in [3.8, 4) is 0 Å². The first-order valence-electron chi connectivity index (χ1n) is 5.50. The molecule has 21 heavy (non-hydrogen) atoms. The van der Waals surface area contributed by atoms with E-state index in [1.54, 1.807) is 0 Å². The van der Waals surface area contributed by atoms with Crippen molar-refractivity contribution in [1.29, 1.82) is 0 Å². The Labute approximate surface area is 117 Å². The Morgan fingerprint density at radius 2 is 2.10 bits per heavy atom. The van der Waals surface area contributed by atoms with Gasteiger partial charge in [0.25, 0.3) is 10.0 Å². The van der Waals surface area contributed by atoms with E-state index in [1.807, 2.05) is 4.72 Å². The van der Waals surface area contributed by atoms with Gasteiger partial charge < -0.3 is 5.11 Å². The third-order valence-electron chi connectivity index (χ3n) is 2.37. The molecule has 2 N–H and O–H groups in total. The molecule has 0 saturated carbocycles. The smallest absolute Gasteiger partial charge is 0.325 e. The topological polar surface area (TPSA) is 101 Å². The molecule has 0 bridgehead atoms. The predicted molar refractivity (Wildman–Crippen MR) is 67.0 cm³/mol. The Hall–Kier alpha value is -2.49. The molecule has 0 aliphatic heterocycles. The number of carboxylic acid groups (broad SMARTS) is 1. The number of aliphatic carboxylic acids is 1.